The molecule has 7 heteroatoms. The molecular weight excluding hydrogens is 402 g/mol. The Balaban J connectivity index is 1.68. The van der Waals surface area contributed by atoms with E-state index in [1.165, 1.54) is 12.5 Å². The topological polar surface area (TPSA) is 66.6 Å². The molecule has 0 saturated carbocycles. The number of hydrogen-bond donors (Lipinski definition) is 2. The van der Waals surface area contributed by atoms with Gasteiger partial charge >= 0.3 is 0 Å². The number of hydrogen-bond acceptors (Lipinski definition) is 4. The molecule has 0 aliphatic carbocycles. The van der Waals surface area contributed by atoms with Crippen LogP contribution in [0.3, 0.4) is 0 Å². The average molecular weight is 416 g/mol. The second-order valence-corrected chi connectivity index (χ2v) is 6.57. The summed E-state index contributed by atoms with van der Waals surface area (Å²) in [5, 5.41) is 7.86. The normalized spacial score (nSPS) is 11.0. The van der Waals surface area contributed by atoms with Crippen LogP contribution in [0.5, 0.6) is 0 Å². The second-order valence-electron chi connectivity index (χ2n) is 5.30. The molecular formula is C18H14BrN3O2S. The summed E-state index contributed by atoms with van der Waals surface area (Å²) in [7, 11) is 0. The Morgan fingerprint density at radius 1 is 1.28 bits per heavy atom. The molecule has 126 valence electrons. The highest BCUT2D eigenvalue weighted by atomic mass is 79.9. The van der Waals surface area contributed by atoms with E-state index in [4.69, 9.17) is 16.6 Å². The third-order valence-electron chi connectivity index (χ3n) is 3.49. The average Bonchev–Trinajstić information content (AvgIpc) is 2.60. The first kappa shape index (κ1) is 17.3. The SMILES string of the molecule is Cc1cc(NC(=S)N/N=C\c2coc3ccccc3c2=O)ccc1Br. The summed E-state index contributed by atoms with van der Waals surface area (Å²) >= 11 is 8.64. The van der Waals surface area contributed by atoms with E-state index in [2.05, 4.69) is 31.8 Å². The molecule has 0 fully saturated rings. The number of thiocarbonyl (C=S) groups is 1. The Bertz CT molecular complexity index is 1030. The van der Waals surface area contributed by atoms with Gasteiger partial charge in [-0.05, 0) is 55.0 Å². The first-order valence-electron chi connectivity index (χ1n) is 7.41. The van der Waals surface area contributed by atoms with Crippen molar-refractivity contribution in [1.82, 2.24) is 5.43 Å². The summed E-state index contributed by atoms with van der Waals surface area (Å²) in [5.41, 5.74) is 5.36. The molecule has 1 heterocycles. The molecule has 5 nitrogen and oxygen atoms in total. The maximum absolute atomic E-state index is 12.3. The van der Waals surface area contributed by atoms with Gasteiger partial charge in [-0.25, -0.2) is 0 Å². The summed E-state index contributed by atoms with van der Waals surface area (Å²) in [4.78, 5) is 12.3. The van der Waals surface area contributed by atoms with E-state index >= 15 is 0 Å². The zero-order valence-corrected chi connectivity index (χ0v) is 15.6. The first-order valence-corrected chi connectivity index (χ1v) is 8.61. The van der Waals surface area contributed by atoms with Gasteiger partial charge in [0.05, 0.1) is 17.2 Å². The molecule has 3 rings (SSSR count). The fraction of sp³-hybridized carbons (Fsp3) is 0.0556. The zero-order chi connectivity index (χ0) is 17.8. The molecule has 0 bridgehead atoms. The van der Waals surface area contributed by atoms with Gasteiger partial charge in [0.15, 0.2) is 5.11 Å². The molecule has 0 amide bonds. The van der Waals surface area contributed by atoms with Crippen LogP contribution in [0, 0.1) is 6.92 Å². The lowest BCUT2D eigenvalue weighted by molar-refractivity contribution is 0.601. The summed E-state index contributed by atoms with van der Waals surface area (Å²) in [6, 6.07) is 12.9. The van der Waals surface area contributed by atoms with Crippen LogP contribution in [0.1, 0.15) is 11.1 Å². The number of nitrogens with one attached hydrogen (secondary N) is 2. The summed E-state index contributed by atoms with van der Waals surface area (Å²) < 4.78 is 6.46. The van der Waals surface area contributed by atoms with Crippen LogP contribution in [0.25, 0.3) is 11.0 Å². The maximum Gasteiger partial charge on any atom is 0.201 e. The number of aryl methyl sites for hydroxylation is 1. The predicted octanol–water partition coefficient (Wildman–Crippen LogP) is 4.18. The van der Waals surface area contributed by atoms with Crippen molar-refractivity contribution in [2.24, 2.45) is 5.10 Å². The van der Waals surface area contributed by atoms with Gasteiger partial charge in [0.1, 0.15) is 11.8 Å². The highest BCUT2D eigenvalue weighted by molar-refractivity contribution is 9.10. The van der Waals surface area contributed by atoms with E-state index in [0.717, 1.165) is 15.7 Å². The molecule has 0 radical (unpaired) electrons. The summed E-state index contributed by atoms with van der Waals surface area (Å²) in [6.45, 7) is 1.99. The van der Waals surface area contributed by atoms with E-state index in [-0.39, 0.29) is 5.43 Å². The third-order valence-corrected chi connectivity index (χ3v) is 4.58. The molecule has 0 unspecified atom stereocenters. The smallest absolute Gasteiger partial charge is 0.201 e. The van der Waals surface area contributed by atoms with Crippen LogP contribution >= 0.6 is 28.1 Å². The Morgan fingerprint density at radius 3 is 2.88 bits per heavy atom. The summed E-state index contributed by atoms with van der Waals surface area (Å²) in [6.07, 6.45) is 2.77. The van der Waals surface area contributed by atoms with Gasteiger partial charge in [-0.1, -0.05) is 28.1 Å². The number of benzene rings is 2. The number of halogens is 1. The molecule has 0 saturated heterocycles. The van der Waals surface area contributed by atoms with E-state index in [0.29, 0.717) is 21.6 Å². The monoisotopic (exact) mass is 415 g/mol. The van der Waals surface area contributed by atoms with Crippen molar-refractivity contribution < 1.29 is 4.42 Å². The van der Waals surface area contributed by atoms with Crippen molar-refractivity contribution in [2.45, 2.75) is 6.92 Å². The van der Waals surface area contributed by atoms with Crippen molar-refractivity contribution in [3.8, 4) is 0 Å². The highest BCUT2D eigenvalue weighted by Crippen LogP contribution is 2.19. The van der Waals surface area contributed by atoms with E-state index in [9.17, 15) is 4.79 Å². The number of rotatable bonds is 3. The van der Waals surface area contributed by atoms with Crippen LogP contribution in [-0.2, 0) is 0 Å². The molecule has 0 aliphatic rings. The molecule has 25 heavy (non-hydrogen) atoms. The molecule has 1 aromatic heterocycles. The van der Waals surface area contributed by atoms with Gasteiger partial charge in [-0.3, -0.25) is 10.2 Å². The van der Waals surface area contributed by atoms with E-state index in [1.807, 2.05) is 31.2 Å². The molecule has 0 spiro atoms. The largest absolute Gasteiger partial charge is 0.463 e. The number of nitrogens with zero attached hydrogens (tertiary/aromatic N) is 1. The standard InChI is InChI=1S/C18H14BrN3O2S/c1-11-8-13(6-7-15(11)19)21-18(25)22-20-9-12-10-24-16-5-3-2-4-14(16)17(12)23/h2-10H,1H3,(H2,21,22,25)/b20-9-. The first-order chi connectivity index (χ1) is 12.0. The minimum atomic E-state index is -0.144. The maximum atomic E-state index is 12.3. The number of para-hydroxylation sites is 1. The van der Waals surface area contributed by atoms with E-state index < -0.39 is 0 Å². The van der Waals surface area contributed by atoms with Gasteiger partial charge in [0, 0.05) is 10.2 Å². The Kier molecular flexibility index (Phi) is 5.25. The number of anilines is 1. The third kappa shape index (κ3) is 4.12. The fourth-order valence-corrected chi connectivity index (χ4v) is 2.64. The van der Waals surface area contributed by atoms with Crippen LogP contribution in [-0.4, -0.2) is 11.3 Å². The number of hydrazone groups is 1. The van der Waals surface area contributed by atoms with Crippen LogP contribution in [0.2, 0.25) is 0 Å². The van der Waals surface area contributed by atoms with Gasteiger partial charge in [0.2, 0.25) is 5.43 Å². The zero-order valence-electron chi connectivity index (χ0n) is 13.2. The summed E-state index contributed by atoms with van der Waals surface area (Å²) in [5.74, 6) is 0. The highest BCUT2D eigenvalue weighted by Gasteiger charge is 2.04. The molecule has 2 aromatic carbocycles. The molecule has 0 aliphatic heterocycles. The second kappa shape index (κ2) is 7.58. The molecule has 0 atom stereocenters. The minimum absolute atomic E-state index is 0.144. The lowest BCUT2D eigenvalue weighted by atomic mass is 10.2. The lowest BCUT2D eigenvalue weighted by Crippen LogP contribution is -2.24. The van der Waals surface area contributed by atoms with Crippen molar-refractivity contribution in [3.63, 3.8) is 0 Å². The van der Waals surface area contributed by atoms with Crippen LogP contribution < -0.4 is 16.2 Å². The predicted molar refractivity (Wildman–Crippen MR) is 108 cm³/mol. The Hall–Kier alpha value is -2.51. The van der Waals surface area contributed by atoms with Crippen molar-refractivity contribution in [3.05, 3.63) is 74.6 Å². The Morgan fingerprint density at radius 2 is 2.08 bits per heavy atom. The Labute approximate surface area is 157 Å². The number of fused-ring (bicyclic) bond motifs is 1. The van der Waals surface area contributed by atoms with Crippen LogP contribution in [0.15, 0.2) is 67.5 Å². The molecule has 3 aromatic rings. The fourth-order valence-electron chi connectivity index (χ4n) is 2.22. The van der Waals surface area contributed by atoms with Crippen LogP contribution in [0.4, 0.5) is 5.69 Å². The van der Waals surface area contributed by atoms with Crippen molar-refractivity contribution in [2.75, 3.05) is 5.32 Å². The molecule has 2 N–H and O–H groups in total. The van der Waals surface area contributed by atoms with Crippen molar-refractivity contribution in [1.29, 1.82) is 0 Å². The minimum Gasteiger partial charge on any atom is -0.463 e. The van der Waals surface area contributed by atoms with Crippen molar-refractivity contribution >= 4 is 56.1 Å². The van der Waals surface area contributed by atoms with Gasteiger partial charge in [0.25, 0.3) is 0 Å². The van der Waals surface area contributed by atoms with Gasteiger partial charge in [-0.15, -0.1) is 0 Å². The van der Waals surface area contributed by atoms with Gasteiger partial charge in [-0.2, -0.15) is 5.10 Å². The van der Waals surface area contributed by atoms with E-state index in [1.54, 1.807) is 18.2 Å². The van der Waals surface area contributed by atoms with Gasteiger partial charge < -0.3 is 9.73 Å². The lowest BCUT2D eigenvalue weighted by Gasteiger charge is -2.08. The quantitative estimate of drug-likeness (QED) is 0.381.